The van der Waals surface area contributed by atoms with E-state index in [4.69, 9.17) is 0 Å². The Morgan fingerprint density at radius 3 is 2.00 bits per heavy atom. The van der Waals surface area contributed by atoms with Crippen molar-refractivity contribution in [2.45, 2.75) is 0 Å². The fraction of sp³-hybridized carbons (Fsp3) is 0. The monoisotopic (exact) mass is 334 g/mol. The Labute approximate surface area is 151 Å². The second kappa shape index (κ2) is 5.74. The molecule has 3 nitrogen and oxygen atoms in total. The van der Waals surface area contributed by atoms with Crippen LogP contribution in [0.1, 0.15) is 16.7 Å². The highest BCUT2D eigenvalue weighted by Crippen LogP contribution is 2.30. The van der Waals surface area contributed by atoms with Crippen LogP contribution in [-0.4, -0.2) is 17.2 Å². The highest BCUT2D eigenvalue weighted by molar-refractivity contribution is 6.60. The van der Waals surface area contributed by atoms with E-state index in [1.165, 1.54) is 0 Å². The maximum atomic E-state index is 13.0. The van der Waals surface area contributed by atoms with Crippen molar-refractivity contribution in [2.75, 3.05) is 0 Å². The lowest BCUT2D eigenvalue weighted by molar-refractivity contribution is -0.109. The molecule has 3 aromatic carbocycles. The predicted molar refractivity (Wildman–Crippen MR) is 104 cm³/mol. The molecule has 3 heteroatoms. The molecule has 26 heavy (non-hydrogen) atoms. The molecule has 0 amide bonds. The lowest BCUT2D eigenvalue weighted by Gasteiger charge is -2.12. The summed E-state index contributed by atoms with van der Waals surface area (Å²) >= 11 is 0. The van der Waals surface area contributed by atoms with E-state index in [2.05, 4.69) is 22.3 Å². The number of hydrogen-bond acceptors (Lipinski definition) is 3. The van der Waals surface area contributed by atoms with Crippen LogP contribution >= 0.6 is 0 Å². The number of ketones is 1. The van der Waals surface area contributed by atoms with Crippen molar-refractivity contribution in [1.82, 2.24) is 0 Å². The van der Waals surface area contributed by atoms with Crippen molar-refractivity contribution >= 4 is 23.3 Å². The molecule has 0 radical (unpaired) electrons. The molecular weight excluding hydrogens is 320 g/mol. The minimum Gasteiger partial charge on any atom is -0.287 e. The van der Waals surface area contributed by atoms with E-state index in [9.17, 15) is 4.79 Å². The molecule has 0 saturated heterocycles. The summed E-state index contributed by atoms with van der Waals surface area (Å²) in [5.41, 5.74) is 6.73. The molecule has 1 heterocycles. The van der Waals surface area contributed by atoms with Crippen molar-refractivity contribution in [2.24, 2.45) is 10.2 Å². The van der Waals surface area contributed by atoms with Crippen LogP contribution in [0.2, 0.25) is 0 Å². The van der Waals surface area contributed by atoms with Crippen LogP contribution in [0.4, 0.5) is 0 Å². The van der Waals surface area contributed by atoms with E-state index in [1.54, 1.807) is 0 Å². The lowest BCUT2D eigenvalue weighted by atomic mass is 9.95. The minimum absolute atomic E-state index is 0.0707. The Hall–Kier alpha value is -3.59. The fourth-order valence-electron chi connectivity index (χ4n) is 3.40. The molecule has 3 aromatic rings. The van der Waals surface area contributed by atoms with Gasteiger partial charge in [-0.1, -0.05) is 78.9 Å². The van der Waals surface area contributed by atoms with Gasteiger partial charge in [0.2, 0.25) is 5.78 Å². The second-order valence-electron chi connectivity index (χ2n) is 6.31. The average molecular weight is 334 g/mol. The average Bonchev–Trinajstić information content (AvgIpc) is 3.09. The number of hydrogen-bond donors (Lipinski definition) is 0. The number of fused-ring (bicyclic) bond motifs is 3. The van der Waals surface area contributed by atoms with Gasteiger partial charge in [-0.05, 0) is 22.8 Å². The minimum atomic E-state index is -0.0707. The molecule has 0 unspecified atom stereocenters. The highest BCUT2D eigenvalue weighted by Gasteiger charge is 2.32. The summed E-state index contributed by atoms with van der Waals surface area (Å²) in [6, 6.07) is 25.9. The third kappa shape index (κ3) is 2.25. The predicted octanol–water partition coefficient (Wildman–Crippen LogP) is 4.53. The molecule has 0 spiro atoms. The SMILES string of the molecule is O=C1C2=Cc3ccccc3C2=NN=C1c1ccc(-c2ccccc2)cc1. The van der Waals surface area contributed by atoms with Crippen molar-refractivity contribution in [3.05, 3.63) is 101 Å². The molecular formula is C23H14N2O. The first-order valence-corrected chi connectivity index (χ1v) is 8.49. The Morgan fingerprint density at radius 1 is 0.577 bits per heavy atom. The highest BCUT2D eigenvalue weighted by atomic mass is 16.1. The van der Waals surface area contributed by atoms with Gasteiger partial charge in [0.25, 0.3) is 0 Å². The van der Waals surface area contributed by atoms with Crippen LogP contribution in [0.5, 0.6) is 0 Å². The molecule has 0 bridgehead atoms. The molecule has 2 aliphatic rings. The van der Waals surface area contributed by atoms with Crippen molar-refractivity contribution < 1.29 is 4.79 Å². The number of benzene rings is 3. The summed E-state index contributed by atoms with van der Waals surface area (Å²) in [6.45, 7) is 0. The van der Waals surface area contributed by atoms with Gasteiger partial charge in [0.15, 0.2) is 0 Å². The first-order chi connectivity index (χ1) is 12.8. The number of allylic oxidation sites excluding steroid dienone is 1. The van der Waals surface area contributed by atoms with Gasteiger partial charge in [-0.2, -0.15) is 0 Å². The Balaban J connectivity index is 1.52. The van der Waals surface area contributed by atoms with Gasteiger partial charge >= 0.3 is 0 Å². The quantitative estimate of drug-likeness (QED) is 0.679. The van der Waals surface area contributed by atoms with E-state index in [0.717, 1.165) is 27.8 Å². The summed E-state index contributed by atoms with van der Waals surface area (Å²) in [4.78, 5) is 13.0. The molecule has 122 valence electrons. The first kappa shape index (κ1) is 14.7. The van der Waals surface area contributed by atoms with E-state index >= 15 is 0 Å². The largest absolute Gasteiger partial charge is 0.287 e. The number of nitrogens with zero attached hydrogens (tertiary/aromatic N) is 2. The van der Waals surface area contributed by atoms with Gasteiger partial charge in [-0.3, -0.25) is 4.79 Å². The zero-order chi connectivity index (χ0) is 17.5. The van der Waals surface area contributed by atoms with Gasteiger partial charge in [0.05, 0.1) is 5.57 Å². The van der Waals surface area contributed by atoms with Gasteiger partial charge in [0.1, 0.15) is 11.4 Å². The van der Waals surface area contributed by atoms with Gasteiger partial charge < -0.3 is 0 Å². The molecule has 0 aromatic heterocycles. The summed E-state index contributed by atoms with van der Waals surface area (Å²) in [7, 11) is 0. The lowest BCUT2D eigenvalue weighted by Crippen LogP contribution is -2.24. The fourth-order valence-corrected chi connectivity index (χ4v) is 3.40. The van der Waals surface area contributed by atoms with Gasteiger partial charge in [0, 0.05) is 11.1 Å². The van der Waals surface area contributed by atoms with Crippen molar-refractivity contribution in [3.8, 4) is 11.1 Å². The van der Waals surface area contributed by atoms with E-state index in [0.29, 0.717) is 17.0 Å². The Morgan fingerprint density at radius 2 is 1.19 bits per heavy atom. The Kier molecular flexibility index (Phi) is 3.25. The maximum Gasteiger partial charge on any atom is 0.216 e. The number of Topliss-reactive ketones (excluding diaryl/α,β-unsaturated/α-hetero) is 1. The third-order valence-electron chi connectivity index (χ3n) is 4.75. The van der Waals surface area contributed by atoms with Crippen molar-refractivity contribution in [1.29, 1.82) is 0 Å². The number of rotatable bonds is 2. The van der Waals surface area contributed by atoms with Gasteiger partial charge in [-0.25, -0.2) is 0 Å². The van der Waals surface area contributed by atoms with E-state index < -0.39 is 0 Å². The first-order valence-electron chi connectivity index (χ1n) is 8.49. The van der Waals surface area contributed by atoms with Crippen LogP contribution in [0.25, 0.3) is 17.2 Å². The van der Waals surface area contributed by atoms with E-state index in [-0.39, 0.29) is 5.78 Å². The summed E-state index contributed by atoms with van der Waals surface area (Å²) in [5.74, 6) is -0.0707. The summed E-state index contributed by atoms with van der Waals surface area (Å²) in [5, 5.41) is 8.58. The molecule has 0 N–H and O–H groups in total. The number of carbonyl (C=O) groups is 1. The molecule has 0 saturated carbocycles. The van der Waals surface area contributed by atoms with E-state index in [1.807, 2.05) is 72.8 Å². The summed E-state index contributed by atoms with van der Waals surface area (Å²) in [6.07, 6.45) is 1.91. The van der Waals surface area contributed by atoms with Gasteiger partial charge in [-0.15, -0.1) is 10.2 Å². The van der Waals surface area contributed by atoms with Crippen LogP contribution in [0, 0.1) is 0 Å². The molecule has 1 aliphatic carbocycles. The van der Waals surface area contributed by atoms with Crippen LogP contribution < -0.4 is 0 Å². The standard InChI is InChI=1S/C23H14N2O/c26-23-20-14-18-8-4-5-9-19(18)22(20)25-24-21(23)17-12-10-16(11-13-17)15-6-2-1-3-7-15/h1-14H. The van der Waals surface area contributed by atoms with Crippen LogP contribution in [0.3, 0.4) is 0 Å². The second-order valence-corrected chi connectivity index (χ2v) is 6.31. The maximum absolute atomic E-state index is 13.0. The molecule has 1 aliphatic heterocycles. The van der Waals surface area contributed by atoms with Crippen molar-refractivity contribution in [3.63, 3.8) is 0 Å². The number of carbonyl (C=O) groups excluding carboxylic acids is 1. The smallest absolute Gasteiger partial charge is 0.216 e. The van der Waals surface area contributed by atoms with Crippen LogP contribution in [-0.2, 0) is 4.79 Å². The topological polar surface area (TPSA) is 41.8 Å². The zero-order valence-corrected chi connectivity index (χ0v) is 13.9. The third-order valence-corrected chi connectivity index (χ3v) is 4.75. The normalized spacial score (nSPS) is 14.9. The Bertz CT molecular complexity index is 1120. The van der Waals surface area contributed by atoms with Crippen LogP contribution in [0.15, 0.2) is 94.6 Å². The zero-order valence-electron chi connectivity index (χ0n) is 13.9. The molecule has 0 fully saturated rings. The summed E-state index contributed by atoms with van der Waals surface area (Å²) < 4.78 is 0. The molecule has 5 rings (SSSR count). The molecule has 0 atom stereocenters.